The first-order valence-corrected chi connectivity index (χ1v) is 7.60. The largest absolute Gasteiger partial charge is 0.314 e. The molecule has 3 rings (SSSR count). The average molecular weight is 277 g/mol. The van der Waals surface area contributed by atoms with E-state index in [0.717, 1.165) is 24.7 Å². The summed E-state index contributed by atoms with van der Waals surface area (Å²) in [5, 5.41) is 4.24. The van der Waals surface area contributed by atoms with Crippen molar-refractivity contribution in [3.8, 4) is 0 Å². The van der Waals surface area contributed by atoms with Crippen LogP contribution in [0, 0.1) is 0 Å². The Bertz CT molecular complexity index is 458. The van der Waals surface area contributed by atoms with Crippen LogP contribution in [0.1, 0.15) is 24.8 Å². The molecule has 2 aliphatic rings. The van der Waals surface area contributed by atoms with E-state index >= 15 is 0 Å². The zero-order chi connectivity index (χ0) is 13.1. The van der Waals surface area contributed by atoms with Gasteiger partial charge < -0.3 is 5.32 Å². The van der Waals surface area contributed by atoms with E-state index in [-0.39, 0.29) is 0 Å². The zero-order valence-corrected chi connectivity index (χ0v) is 12.0. The second kappa shape index (κ2) is 6.08. The van der Waals surface area contributed by atoms with Crippen molar-refractivity contribution >= 4 is 17.2 Å². The smallest absolute Gasteiger partial charge is 0.0406 e. The van der Waals surface area contributed by atoms with Gasteiger partial charge in [0, 0.05) is 37.7 Å². The van der Waals surface area contributed by atoms with Crippen molar-refractivity contribution in [2.45, 2.75) is 19.3 Å². The van der Waals surface area contributed by atoms with Crippen molar-refractivity contribution in [1.29, 1.82) is 0 Å². The van der Waals surface area contributed by atoms with Crippen LogP contribution in [-0.2, 0) is 0 Å². The highest BCUT2D eigenvalue weighted by Crippen LogP contribution is 2.34. The normalized spacial score (nSPS) is 21.1. The fourth-order valence-electron chi connectivity index (χ4n) is 3.12. The van der Waals surface area contributed by atoms with Crippen molar-refractivity contribution in [2.24, 2.45) is 0 Å². The molecule has 1 aliphatic heterocycles. The monoisotopic (exact) mass is 276 g/mol. The third-order valence-electron chi connectivity index (χ3n) is 4.15. The van der Waals surface area contributed by atoms with Gasteiger partial charge in [0.25, 0.3) is 0 Å². The van der Waals surface area contributed by atoms with E-state index in [1.54, 1.807) is 11.1 Å². The predicted octanol–water partition coefficient (Wildman–Crippen LogP) is 3.18. The summed E-state index contributed by atoms with van der Waals surface area (Å²) in [6, 6.07) is 8.34. The maximum atomic E-state index is 5.98. The second-order valence-electron chi connectivity index (χ2n) is 5.47. The molecule has 0 unspecified atom stereocenters. The number of halogens is 1. The number of nitrogens with one attached hydrogen (secondary N) is 1. The van der Waals surface area contributed by atoms with E-state index in [1.165, 1.54) is 37.9 Å². The first-order valence-electron chi connectivity index (χ1n) is 7.23. The molecule has 1 N–H and O–H groups in total. The average Bonchev–Trinajstić information content (AvgIpc) is 2.89. The van der Waals surface area contributed by atoms with E-state index in [9.17, 15) is 0 Å². The van der Waals surface area contributed by atoms with E-state index < -0.39 is 0 Å². The summed E-state index contributed by atoms with van der Waals surface area (Å²) < 4.78 is 0. The lowest BCUT2D eigenvalue weighted by atomic mass is 10.0. The summed E-state index contributed by atoms with van der Waals surface area (Å²) >= 11 is 5.98. The zero-order valence-electron chi connectivity index (χ0n) is 11.3. The lowest BCUT2D eigenvalue weighted by Crippen LogP contribution is -2.44. The molecule has 19 heavy (non-hydrogen) atoms. The number of nitrogens with zero attached hydrogens (tertiary/aromatic N) is 1. The molecule has 0 aromatic heterocycles. The standard InChI is InChI=1S/C16H21ClN2/c17-15-6-4-13(5-7-15)16-3-1-2-14(16)12-19-10-8-18-9-11-19/h4-7,18H,1-3,8-12H2. The highest BCUT2D eigenvalue weighted by atomic mass is 35.5. The summed E-state index contributed by atoms with van der Waals surface area (Å²) in [5.74, 6) is 0. The second-order valence-corrected chi connectivity index (χ2v) is 5.91. The minimum Gasteiger partial charge on any atom is -0.314 e. The van der Waals surface area contributed by atoms with Gasteiger partial charge in [0.05, 0.1) is 0 Å². The van der Waals surface area contributed by atoms with Gasteiger partial charge in [-0.1, -0.05) is 29.3 Å². The SMILES string of the molecule is Clc1ccc(C2=C(CN3CCNCC3)CCC2)cc1. The van der Waals surface area contributed by atoms with Crippen molar-refractivity contribution in [3.05, 3.63) is 40.4 Å². The van der Waals surface area contributed by atoms with Crippen molar-refractivity contribution in [2.75, 3.05) is 32.7 Å². The topological polar surface area (TPSA) is 15.3 Å². The van der Waals surface area contributed by atoms with Gasteiger partial charge in [-0.05, 0) is 42.5 Å². The van der Waals surface area contributed by atoms with Crippen molar-refractivity contribution in [1.82, 2.24) is 10.2 Å². The molecule has 0 amide bonds. The third-order valence-corrected chi connectivity index (χ3v) is 4.40. The van der Waals surface area contributed by atoms with Gasteiger partial charge in [-0.15, -0.1) is 0 Å². The molecule has 0 saturated carbocycles. The van der Waals surface area contributed by atoms with Crippen LogP contribution in [0.15, 0.2) is 29.8 Å². The predicted molar refractivity (Wildman–Crippen MR) is 81.5 cm³/mol. The Balaban J connectivity index is 1.77. The third kappa shape index (κ3) is 3.19. The molecule has 1 heterocycles. The highest BCUT2D eigenvalue weighted by molar-refractivity contribution is 6.30. The van der Waals surface area contributed by atoms with Crippen LogP contribution < -0.4 is 5.32 Å². The van der Waals surface area contributed by atoms with E-state index in [2.05, 4.69) is 22.3 Å². The van der Waals surface area contributed by atoms with E-state index in [4.69, 9.17) is 11.6 Å². The number of hydrogen-bond acceptors (Lipinski definition) is 2. The summed E-state index contributed by atoms with van der Waals surface area (Å²) in [6.07, 6.45) is 3.80. The molecule has 0 spiro atoms. The number of piperazine rings is 1. The van der Waals surface area contributed by atoms with Gasteiger partial charge in [0.2, 0.25) is 0 Å². The molecule has 1 aromatic rings. The molecule has 0 atom stereocenters. The molecular weight excluding hydrogens is 256 g/mol. The van der Waals surface area contributed by atoms with Crippen LogP contribution in [0.2, 0.25) is 5.02 Å². The maximum absolute atomic E-state index is 5.98. The Hall–Kier alpha value is -0.830. The molecular formula is C16H21ClN2. The summed E-state index contributed by atoms with van der Waals surface area (Å²) in [7, 11) is 0. The molecule has 1 fully saturated rings. The van der Waals surface area contributed by atoms with Gasteiger partial charge in [0.15, 0.2) is 0 Å². The first-order chi connectivity index (χ1) is 9.33. The lowest BCUT2D eigenvalue weighted by molar-refractivity contribution is 0.258. The van der Waals surface area contributed by atoms with Gasteiger partial charge in [-0.2, -0.15) is 0 Å². The molecule has 1 aromatic carbocycles. The molecule has 0 radical (unpaired) electrons. The van der Waals surface area contributed by atoms with Crippen molar-refractivity contribution in [3.63, 3.8) is 0 Å². The quantitative estimate of drug-likeness (QED) is 0.912. The molecule has 1 saturated heterocycles. The van der Waals surface area contributed by atoms with Crippen LogP contribution >= 0.6 is 11.6 Å². The minimum atomic E-state index is 0.825. The summed E-state index contributed by atoms with van der Waals surface area (Å²) in [4.78, 5) is 2.58. The number of hydrogen-bond donors (Lipinski definition) is 1. The van der Waals surface area contributed by atoms with Crippen LogP contribution in [0.25, 0.3) is 5.57 Å². The Labute approximate surface area is 120 Å². The van der Waals surface area contributed by atoms with Gasteiger partial charge >= 0.3 is 0 Å². The molecule has 0 bridgehead atoms. The first kappa shape index (κ1) is 13.2. The van der Waals surface area contributed by atoms with Gasteiger partial charge in [-0.25, -0.2) is 0 Å². The summed E-state index contributed by atoms with van der Waals surface area (Å²) in [6.45, 7) is 5.77. The Morgan fingerprint density at radius 1 is 1.05 bits per heavy atom. The fourth-order valence-corrected chi connectivity index (χ4v) is 3.25. The number of benzene rings is 1. The summed E-state index contributed by atoms with van der Waals surface area (Å²) in [5.41, 5.74) is 4.58. The lowest BCUT2D eigenvalue weighted by Gasteiger charge is -2.28. The highest BCUT2D eigenvalue weighted by Gasteiger charge is 2.19. The van der Waals surface area contributed by atoms with Crippen LogP contribution in [0.3, 0.4) is 0 Å². The molecule has 102 valence electrons. The maximum Gasteiger partial charge on any atom is 0.0406 e. The minimum absolute atomic E-state index is 0.825. The van der Waals surface area contributed by atoms with E-state index in [0.29, 0.717) is 0 Å². The Kier molecular flexibility index (Phi) is 4.21. The van der Waals surface area contributed by atoms with E-state index in [1.807, 2.05) is 12.1 Å². The molecule has 3 heteroatoms. The van der Waals surface area contributed by atoms with Crippen LogP contribution in [0.4, 0.5) is 0 Å². The molecule has 1 aliphatic carbocycles. The van der Waals surface area contributed by atoms with Crippen molar-refractivity contribution < 1.29 is 0 Å². The fraction of sp³-hybridized carbons (Fsp3) is 0.500. The number of allylic oxidation sites excluding steroid dienone is 1. The molecule has 2 nitrogen and oxygen atoms in total. The Morgan fingerprint density at radius 2 is 1.79 bits per heavy atom. The van der Waals surface area contributed by atoms with Crippen LogP contribution in [0.5, 0.6) is 0 Å². The van der Waals surface area contributed by atoms with Gasteiger partial charge in [-0.3, -0.25) is 4.90 Å². The van der Waals surface area contributed by atoms with Crippen LogP contribution in [-0.4, -0.2) is 37.6 Å². The Morgan fingerprint density at radius 3 is 2.53 bits per heavy atom. The van der Waals surface area contributed by atoms with Gasteiger partial charge in [0.1, 0.15) is 0 Å². The number of rotatable bonds is 3.